The summed E-state index contributed by atoms with van der Waals surface area (Å²) in [5.74, 6) is -0.00276. The zero-order chi connectivity index (χ0) is 7.82. The number of carbonyl (C=O) groups excluding carboxylic acids is 1. The third kappa shape index (κ3) is 5.53. The van der Waals surface area contributed by atoms with Gasteiger partial charge in [0.25, 0.3) is 0 Å². The summed E-state index contributed by atoms with van der Waals surface area (Å²) >= 11 is 0. The molecule has 0 aliphatic heterocycles. The highest BCUT2D eigenvalue weighted by atomic mass is 16.5. The van der Waals surface area contributed by atoms with E-state index in [4.69, 9.17) is 10.5 Å². The van der Waals surface area contributed by atoms with Crippen LogP contribution in [0.2, 0.25) is 0 Å². The Bertz CT molecular complexity index is 95.7. The summed E-state index contributed by atoms with van der Waals surface area (Å²) in [4.78, 5) is 10.6. The summed E-state index contributed by atoms with van der Waals surface area (Å²) in [6, 6.07) is 0. The number of amides is 1. The summed E-state index contributed by atoms with van der Waals surface area (Å²) in [6.07, 6.45) is 0.413. The van der Waals surface area contributed by atoms with Crippen LogP contribution in [0.1, 0.15) is 6.42 Å². The van der Waals surface area contributed by atoms with Gasteiger partial charge in [0.1, 0.15) is 0 Å². The normalized spacial score (nSPS) is 9.40. The van der Waals surface area contributed by atoms with Crippen LogP contribution in [0.5, 0.6) is 0 Å². The Labute approximate surface area is 60.7 Å². The average molecular weight is 146 g/mol. The maximum absolute atomic E-state index is 10.6. The van der Waals surface area contributed by atoms with Gasteiger partial charge in [0.05, 0.1) is 13.2 Å². The van der Waals surface area contributed by atoms with Gasteiger partial charge in [0.2, 0.25) is 5.91 Å². The van der Waals surface area contributed by atoms with Gasteiger partial charge in [0, 0.05) is 20.0 Å². The van der Waals surface area contributed by atoms with Gasteiger partial charge < -0.3 is 15.8 Å². The summed E-state index contributed by atoms with van der Waals surface area (Å²) in [5, 5.41) is 2.49. The molecule has 0 aliphatic rings. The Kier molecular flexibility index (Phi) is 6.11. The van der Waals surface area contributed by atoms with Crippen LogP contribution in [0.15, 0.2) is 0 Å². The van der Waals surface area contributed by atoms with Gasteiger partial charge in [-0.1, -0.05) is 0 Å². The van der Waals surface area contributed by atoms with Gasteiger partial charge in [-0.3, -0.25) is 4.79 Å². The largest absolute Gasteiger partial charge is 0.380 e. The minimum absolute atomic E-state index is 0.00276. The van der Waals surface area contributed by atoms with Crippen molar-refractivity contribution in [1.29, 1.82) is 0 Å². The fourth-order valence-electron chi connectivity index (χ4n) is 0.475. The second kappa shape index (κ2) is 6.51. The van der Waals surface area contributed by atoms with E-state index in [1.54, 1.807) is 7.05 Å². The molecule has 0 aromatic rings. The predicted octanol–water partition coefficient (Wildman–Crippen LogP) is -0.902. The van der Waals surface area contributed by atoms with Crippen molar-refractivity contribution in [2.24, 2.45) is 5.73 Å². The third-order valence-electron chi connectivity index (χ3n) is 1.01. The van der Waals surface area contributed by atoms with Crippen molar-refractivity contribution in [3.8, 4) is 0 Å². The number of nitrogens with one attached hydrogen (secondary N) is 1. The Balaban J connectivity index is 2.96. The molecule has 0 aromatic carbocycles. The summed E-state index contributed by atoms with van der Waals surface area (Å²) in [7, 11) is 1.60. The molecule has 0 saturated carbocycles. The molecule has 1 amide bonds. The van der Waals surface area contributed by atoms with Crippen LogP contribution in [0.25, 0.3) is 0 Å². The van der Waals surface area contributed by atoms with Gasteiger partial charge in [-0.15, -0.1) is 0 Å². The fraction of sp³-hybridized carbons (Fsp3) is 0.833. The highest BCUT2D eigenvalue weighted by Gasteiger charge is 1.95. The molecule has 0 fully saturated rings. The summed E-state index contributed by atoms with van der Waals surface area (Å²) < 4.78 is 4.97. The number of hydrogen-bond donors (Lipinski definition) is 2. The minimum Gasteiger partial charge on any atom is -0.380 e. The lowest BCUT2D eigenvalue weighted by Crippen LogP contribution is -2.20. The molecule has 0 aromatic heterocycles. The first-order valence-corrected chi connectivity index (χ1v) is 3.29. The van der Waals surface area contributed by atoms with E-state index in [1.165, 1.54) is 0 Å². The highest BCUT2D eigenvalue weighted by Crippen LogP contribution is 1.80. The lowest BCUT2D eigenvalue weighted by molar-refractivity contribution is -0.121. The van der Waals surface area contributed by atoms with Crippen LogP contribution in [-0.4, -0.2) is 32.7 Å². The number of hydrogen-bond acceptors (Lipinski definition) is 3. The number of carbonyl (C=O) groups is 1. The molecule has 4 heteroatoms. The number of rotatable bonds is 5. The quantitative estimate of drug-likeness (QED) is 0.494. The van der Waals surface area contributed by atoms with Gasteiger partial charge in [-0.05, 0) is 0 Å². The van der Waals surface area contributed by atoms with E-state index < -0.39 is 0 Å². The Morgan fingerprint density at radius 3 is 2.80 bits per heavy atom. The molecule has 0 aliphatic carbocycles. The van der Waals surface area contributed by atoms with Crippen LogP contribution >= 0.6 is 0 Å². The summed E-state index contributed by atoms with van der Waals surface area (Å²) in [6.45, 7) is 1.49. The maximum Gasteiger partial charge on any atom is 0.222 e. The van der Waals surface area contributed by atoms with Crippen molar-refractivity contribution in [2.45, 2.75) is 6.42 Å². The van der Waals surface area contributed by atoms with Crippen LogP contribution < -0.4 is 11.1 Å². The molecule has 3 N–H and O–H groups in total. The van der Waals surface area contributed by atoms with Gasteiger partial charge >= 0.3 is 0 Å². The second-order valence-electron chi connectivity index (χ2n) is 1.82. The molecular formula is C6H14N2O2. The van der Waals surface area contributed by atoms with Gasteiger partial charge in [-0.2, -0.15) is 0 Å². The standard InChI is InChI=1S/C6H14N2O2/c1-8-6(9)2-4-10-5-3-7/h2-5,7H2,1H3,(H,8,9). The van der Waals surface area contributed by atoms with Crippen molar-refractivity contribution in [3.05, 3.63) is 0 Å². The first-order chi connectivity index (χ1) is 4.81. The number of ether oxygens (including phenoxy) is 1. The van der Waals surface area contributed by atoms with Gasteiger partial charge in [0.15, 0.2) is 0 Å². The van der Waals surface area contributed by atoms with E-state index in [-0.39, 0.29) is 5.91 Å². The highest BCUT2D eigenvalue weighted by molar-refractivity contribution is 5.75. The van der Waals surface area contributed by atoms with Crippen molar-refractivity contribution in [2.75, 3.05) is 26.8 Å². The zero-order valence-electron chi connectivity index (χ0n) is 6.22. The monoisotopic (exact) mass is 146 g/mol. The molecular weight excluding hydrogens is 132 g/mol. The van der Waals surface area contributed by atoms with E-state index in [0.717, 1.165) is 0 Å². The molecule has 4 nitrogen and oxygen atoms in total. The Morgan fingerprint density at radius 1 is 1.60 bits per heavy atom. The lowest BCUT2D eigenvalue weighted by atomic mass is 10.4. The number of nitrogens with two attached hydrogens (primary N) is 1. The summed E-state index contributed by atoms with van der Waals surface area (Å²) in [5.41, 5.74) is 5.15. The smallest absolute Gasteiger partial charge is 0.222 e. The third-order valence-corrected chi connectivity index (χ3v) is 1.01. The first-order valence-electron chi connectivity index (χ1n) is 3.29. The van der Waals surface area contributed by atoms with E-state index in [1.807, 2.05) is 0 Å². The van der Waals surface area contributed by atoms with Crippen LogP contribution in [0, 0.1) is 0 Å². The van der Waals surface area contributed by atoms with Crippen molar-refractivity contribution >= 4 is 5.91 Å². The Hall–Kier alpha value is -0.610. The zero-order valence-corrected chi connectivity index (χ0v) is 6.22. The van der Waals surface area contributed by atoms with Crippen LogP contribution in [0.4, 0.5) is 0 Å². The molecule has 0 rings (SSSR count). The molecule has 60 valence electrons. The topological polar surface area (TPSA) is 64.3 Å². The minimum atomic E-state index is -0.00276. The first kappa shape index (κ1) is 9.39. The molecule has 0 spiro atoms. The van der Waals surface area contributed by atoms with Crippen molar-refractivity contribution in [3.63, 3.8) is 0 Å². The van der Waals surface area contributed by atoms with E-state index >= 15 is 0 Å². The molecule has 0 bridgehead atoms. The van der Waals surface area contributed by atoms with Crippen LogP contribution in [-0.2, 0) is 9.53 Å². The fourth-order valence-corrected chi connectivity index (χ4v) is 0.475. The SMILES string of the molecule is CNC(=O)CCOCCN. The van der Waals surface area contributed by atoms with Crippen molar-refractivity contribution < 1.29 is 9.53 Å². The molecule has 10 heavy (non-hydrogen) atoms. The van der Waals surface area contributed by atoms with Crippen molar-refractivity contribution in [1.82, 2.24) is 5.32 Å². The van der Waals surface area contributed by atoms with E-state index in [2.05, 4.69) is 5.32 Å². The van der Waals surface area contributed by atoms with E-state index in [0.29, 0.717) is 26.2 Å². The Morgan fingerprint density at radius 2 is 2.30 bits per heavy atom. The van der Waals surface area contributed by atoms with Gasteiger partial charge in [-0.25, -0.2) is 0 Å². The predicted molar refractivity (Wildman–Crippen MR) is 38.6 cm³/mol. The molecule has 0 atom stereocenters. The van der Waals surface area contributed by atoms with E-state index in [9.17, 15) is 4.79 Å². The molecule has 0 radical (unpaired) electrons. The lowest BCUT2D eigenvalue weighted by Gasteiger charge is -2.00. The molecule has 0 unspecified atom stereocenters. The maximum atomic E-state index is 10.6. The second-order valence-corrected chi connectivity index (χ2v) is 1.82. The van der Waals surface area contributed by atoms with Crippen LogP contribution in [0.3, 0.4) is 0 Å². The average Bonchev–Trinajstić information content (AvgIpc) is 1.98. The molecule has 0 saturated heterocycles. The molecule has 0 heterocycles.